The summed E-state index contributed by atoms with van der Waals surface area (Å²) in [6.45, 7) is 1.22. The van der Waals surface area contributed by atoms with Crippen LogP contribution in [0.15, 0.2) is 6.20 Å². The number of halogens is 6. The smallest absolute Gasteiger partial charge is 0.417 e. The molecule has 0 saturated carbocycles. The normalized spacial score (nSPS) is 11.8. The first-order chi connectivity index (χ1) is 8.70. The molecule has 0 bridgehead atoms. The van der Waals surface area contributed by atoms with Gasteiger partial charge in [-0.3, -0.25) is 0 Å². The highest BCUT2D eigenvalue weighted by molar-refractivity contribution is 14.1. The van der Waals surface area contributed by atoms with Crippen LogP contribution in [0.2, 0.25) is 0 Å². The average Bonchev–Trinajstić information content (AvgIpc) is 2.26. The molecule has 0 N–H and O–H groups in total. The van der Waals surface area contributed by atoms with Gasteiger partial charge < -0.3 is 4.74 Å². The maximum absolute atomic E-state index is 12.9. The summed E-state index contributed by atoms with van der Waals surface area (Å²) < 4.78 is 68.0. The molecule has 1 heterocycles. The van der Waals surface area contributed by atoms with Crippen molar-refractivity contribution in [2.24, 2.45) is 0 Å². The van der Waals surface area contributed by atoms with Crippen LogP contribution in [0, 0.1) is 3.70 Å². The van der Waals surface area contributed by atoms with Crippen molar-refractivity contribution in [3.63, 3.8) is 0 Å². The molecule has 0 radical (unpaired) electrons. The Kier molecular flexibility index (Phi) is 5.04. The molecule has 0 amide bonds. The van der Waals surface area contributed by atoms with Gasteiger partial charge in [0.2, 0.25) is 0 Å². The van der Waals surface area contributed by atoms with Gasteiger partial charge in [0.25, 0.3) is 6.43 Å². The summed E-state index contributed by atoms with van der Waals surface area (Å²) in [5, 5.41) is 0. The van der Waals surface area contributed by atoms with E-state index in [2.05, 4.69) is 9.72 Å². The molecule has 0 aliphatic heterocycles. The van der Waals surface area contributed by atoms with E-state index in [0.717, 1.165) is 0 Å². The summed E-state index contributed by atoms with van der Waals surface area (Å²) >= 11 is 1.36. The molecule has 1 aromatic heterocycles. The van der Waals surface area contributed by atoms with E-state index in [4.69, 9.17) is 0 Å². The minimum absolute atomic E-state index is 0.175. The van der Waals surface area contributed by atoms with Crippen LogP contribution in [-0.2, 0) is 10.9 Å². The molecule has 0 spiro atoms. The molecule has 9 heteroatoms. The minimum atomic E-state index is -5.10. The predicted molar refractivity (Wildman–Crippen MR) is 62.9 cm³/mol. The molecule has 1 aromatic rings. The van der Waals surface area contributed by atoms with E-state index in [1.807, 2.05) is 0 Å². The van der Waals surface area contributed by atoms with Gasteiger partial charge in [0, 0.05) is 11.8 Å². The van der Waals surface area contributed by atoms with Crippen molar-refractivity contribution < 1.29 is 31.5 Å². The summed E-state index contributed by atoms with van der Waals surface area (Å²) in [5.41, 5.74) is -4.01. The van der Waals surface area contributed by atoms with Crippen molar-refractivity contribution in [3.8, 4) is 0 Å². The molecule has 0 saturated heterocycles. The topological polar surface area (TPSA) is 39.2 Å². The van der Waals surface area contributed by atoms with Gasteiger partial charge in [0.15, 0.2) is 0 Å². The second-order valence-corrected chi connectivity index (χ2v) is 4.30. The summed E-state index contributed by atoms with van der Waals surface area (Å²) in [6.07, 6.45) is -8.08. The van der Waals surface area contributed by atoms with Gasteiger partial charge in [0.1, 0.15) is 9.26 Å². The molecule has 0 fully saturated rings. The Labute approximate surface area is 118 Å². The molecule has 0 aliphatic carbocycles. The van der Waals surface area contributed by atoms with Crippen LogP contribution in [0.3, 0.4) is 0 Å². The number of ether oxygens (including phenoxy) is 1. The van der Waals surface area contributed by atoms with E-state index in [1.165, 1.54) is 29.5 Å². The highest BCUT2D eigenvalue weighted by Crippen LogP contribution is 2.39. The molecular weight excluding hydrogens is 388 g/mol. The van der Waals surface area contributed by atoms with E-state index in [-0.39, 0.29) is 10.3 Å². The van der Waals surface area contributed by atoms with E-state index in [1.54, 1.807) is 0 Å². The van der Waals surface area contributed by atoms with Gasteiger partial charge in [-0.05, 0) is 29.5 Å². The standard InChI is InChI=1S/C10H7F5INO2/c1-2-19-9(18)5-6(10(13,14)15)4(7(11)12)3-17-8(5)16/h3,7H,2H2,1H3. The molecule has 19 heavy (non-hydrogen) atoms. The fourth-order valence-electron chi connectivity index (χ4n) is 1.36. The Hall–Kier alpha value is -1.00. The molecule has 0 unspecified atom stereocenters. The fourth-order valence-corrected chi connectivity index (χ4v) is 1.99. The Bertz CT molecular complexity index is 490. The maximum atomic E-state index is 12.9. The predicted octanol–water partition coefficient (Wildman–Crippen LogP) is 3.82. The molecule has 3 nitrogen and oxygen atoms in total. The Balaban J connectivity index is 3.59. The molecule has 0 aliphatic rings. The SMILES string of the molecule is CCOC(=O)c1c(I)ncc(C(F)F)c1C(F)(F)F. The van der Waals surface area contributed by atoms with Crippen molar-refractivity contribution in [2.45, 2.75) is 19.5 Å². The summed E-state index contributed by atoms with van der Waals surface area (Å²) in [5.74, 6) is -1.32. The molecule has 0 atom stereocenters. The largest absolute Gasteiger partial charge is 0.462 e. The highest BCUT2D eigenvalue weighted by atomic mass is 127. The van der Waals surface area contributed by atoms with Gasteiger partial charge in [-0.25, -0.2) is 18.6 Å². The first kappa shape index (κ1) is 16.1. The number of nitrogens with zero attached hydrogens (tertiary/aromatic N) is 1. The van der Waals surface area contributed by atoms with Gasteiger partial charge in [-0.2, -0.15) is 13.2 Å². The first-order valence-electron chi connectivity index (χ1n) is 4.91. The van der Waals surface area contributed by atoms with Crippen LogP contribution < -0.4 is 0 Å². The van der Waals surface area contributed by atoms with Crippen LogP contribution in [0.1, 0.15) is 34.8 Å². The van der Waals surface area contributed by atoms with E-state index in [0.29, 0.717) is 6.20 Å². The Morgan fingerprint density at radius 3 is 2.47 bits per heavy atom. The second kappa shape index (κ2) is 5.97. The van der Waals surface area contributed by atoms with Crippen molar-refractivity contribution in [1.82, 2.24) is 4.98 Å². The second-order valence-electron chi connectivity index (χ2n) is 3.27. The number of hydrogen-bond donors (Lipinski definition) is 0. The summed E-state index contributed by atoms with van der Waals surface area (Å²) in [6, 6.07) is 0. The Morgan fingerprint density at radius 1 is 1.47 bits per heavy atom. The lowest BCUT2D eigenvalue weighted by Crippen LogP contribution is -2.20. The summed E-state index contributed by atoms with van der Waals surface area (Å²) in [4.78, 5) is 14.9. The van der Waals surface area contributed by atoms with Crippen molar-refractivity contribution in [1.29, 1.82) is 0 Å². The number of carbonyl (C=O) groups is 1. The molecule has 1 rings (SSSR count). The van der Waals surface area contributed by atoms with Gasteiger partial charge in [-0.15, -0.1) is 0 Å². The quantitative estimate of drug-likeness (QED) is 0.338. The zero-order valence-electron chi connectivity index (χ0n) is 9.39. The van der Waals surface area contributed by atoms with Crippen LogP contribution in [0.5, 0.6) is 0 Å². The van der Waals surface area contributed by atoms with E-state index < -0.39 is 35.3 Å². The molecular formula is C10H7F5INO2. The number of alkyl halides is 5. The fraction of sp³-hybridized carbons (Fsp3) is 0.400. The average molecular weight is 395 g/mol. The van der Waals surface area contributed by atoms with Crippen LogP contribution in [0.25, 0.3) is 0 Å². The van der Waals surface area contributed by atoms with E-state index >= 15 is 0 Å². The first-order valence-corrected chi connectivity index (χ1v) is 5.98. The summed E-state index contributed by atoms with van der Waals surface area (Å²) in [7, 11) is 0. The number of carbonyl (C=O) groups excluding carboxylic acids is 1. The van der Waals surface area contributed by atoms with E-state index in [9.17, 15) is 26.7 Å². The number of hydrogen-bond acceptors (Lipinski definition) is 3. The molecule has 106 valence electrons. The number of rotatable bonds is 3. The zero-order chi connectivity index (χ0) is 14.8. The van der Waals surface area contributed by atoms with Gasteiger partial charge in [0.05, 0.1) is 12.2 Å². The third kappa shape index (κ3) is 3.51. The highest BCUT2D eigenvalue weighted by Gasteiger charge is 2.42. The van der Waals surface area contributed by atoms with Crippen molar-refractivity contribution in [3.05, 3.63) is 26.6 Å². The monoisotopic (exact) mass is 395 g/mol. The van der Waals surface area contributed by atoms with Crippen LogP contribution in [0.4, 0.5) is 22.0 Å². The lowest BCUT2D eigenvalue weighted by molar-refractivity contribution is -0.140. The maximum Gasteiger partial charge on any atom is 0.417 e. The van der Waals surface area contributed by atoms with Gasteiger partial charge in [-0.1, -0.05) is 0 Å². The van der Waals surface area contributed by atoms with Crippen molar-refractivity contribution >= 4 is 28.6 Å². The molecule has 0 aromatic carbocycles. The van der Waals surface area contributed by atoms with Gasteiger partial charge >= 0.3 is 12.1 Å². The number of esters is 1. The zero-order valence-corrected chi connectivity index (χ0v) is 11.6. The van der Waals surface area contributed by atoms with Crippen molar-refractivity contribution in [2.75, 3.05) is 6.61 Å². The third-order valence-electron chi connectivity index (χ3n) is 2.06. The Morgan fingerprint density at radius 2 is 2.05 bits per heavy atom. The van der Waals surface area contributed by atoms with Crippen LogP contribution in [-0.4, -0.2) is 17.6 Å². The lowest BCUT2D eigenvalue weighted by atomic mass is 10.0. The number of pyridine rings is 1. The minimum Gasteiger partial charge on any atom is -0.462 e. The number of aromatic nitrogens is 1. The lowest BCUT2D eigenvalue weighted by Gasteiger charge is -2.16. The van der Waals surface area contributed by atoms with Crippen LogP contribution >= 0.6 is 22.6 Å². The third-order valence-corrected chi connectivity index (χ3v) is 2.88.